The minimum absolute atomic E-state index is 0.122. The molecule has 2 heterocycles. The molecule has 2 saturated heterocycles. The number of likely N-dealkylation sites (tertiary alicyclic amines) is 1. The normalized spacial score (nSPS) is 17.9. The van der Waals surface area contributed by atoms with Crippen molar-refractivity contribution < 1.29 is 19.0 Å². The molecule has 2 fully saturated rings. The van der Waals surface area contributed by atoms with Crippen LogP contribution in [-0.4, -0.2) is 88.4 Å². The van der Waals surface area contributed by atoms with E-state index in [0.29, 0.717) is 25.7 Å². The fourth-order valence-electron chi connectivity index (χ4n) is 4.35. The molecule has 3 rings (SSSR count). The molecule has 178 valence electrons. The summed E-state index contributed by atoms with van der Waals surface area (Å²) in [4.78, 5) is 21.4. The molecule has 0 aromatic heterocycles. The van der Waals surface area contributed by atoms with Crippen LogP contribution in [0, 0.1) is 5.92 Å². The van der Waals surface area contributed by atoms with Gasteiger partial charge < -0.3 is 29.3 Å². The van der Waals surface area contributed by atoms with Crippen molar-refractivity contribution in [1.82, 2.24) is 15.1 Å². The van der Waals surface area contributed by atoms with E-state index in [1.54, 1.807) is 7.11 Å². The molecule has 1 amide bonds. The highest BCUT2D eigenvalue weighted by Gasteiger charge is 2.30. The number of benzene rings is 1. The van der Waals surface area contributed by atoms with Gasteiger partial charge in [-0.05, 0) is 50.3 Å². The number of morpholine rings is 1. The molecule has 1 aromatic carbocycles. The number of aliphatic imine (C=N–C) groups is 1. The Morgan fingerprint density at radius 1 is 1.16 bits per heavy atom. The van der Waals surface area contributed by atoms with Crippen LogP contribution in [0.1, 0.15) is 31.7 Å². The van der Waals surface area contributed by atoms with E-state index in [0.717, 1.165) is 75.9 Å². The van der Waals surface area contributed by atoms with Crippen molar-refractivity contribution in [2.45, 2.75) is 32.6 Å². The quantitative estimate of drug-likeness (QED) is 0.375. The highest BCUT2D eigenvalue weighted by atomic mass is 16.5. The number of guanidine groups is 1. The standard InChI is InChI=1S/C24H38N4O4/c1-4-32-22-18-19(7-8-21(22)30-3)6-5-11-26-24(25-2)28-12-9-20(10-13-28)23(29)27-14-16-31-17-15-27/h7-8,18,20H,4-6,9-17H2,1-3H3,(H,25,26). The minimum atomic E-state index is 0.122. The molecule has 0 aliphatic carbocycles. The number of ether oxygens (including phenoxy) is 3. The van der Waals surface area contributed by atoms with E-state index in [9.17, 15) is 4.79 Å². The van der Waals surface area contributed by atoms with Gasteiger partial charge in [-0.3, -0.25) is 9.79 Å². The Kier molecular flexibility index (Phi) is 9.46. The molecule has 0 spiro atoms. The smallest absolute Gasteiger partial charge is 0.225 e. The first-order chi connectivity index (χ1) is 15.7. The van der Waals surface area contributed by atoms with E-state index in [1.807, 2.05) is 24.9 Å². The van der Waals surface area contributed by atoms with Crippen molar-refractivity contribution >= 4 is 11.9 Å². The maximum atomic E-state index is 12.7. The van der Waals surface area contributed by atoms with Gasteiger partial charge in [0.15, 0.2) is 17.5 Å². The lowest BCUT2D eigenvalue weighted by atomic mass is 9.95. The summed E-state index contributed by atoms with van der Waals surface area (Å²) in [5.74, 6) is 2.90. The van der Waals surface area contributed by atoms with E-state index >= 15 is 0 Å². The first-order valence-electron chi connectivity index (χ1n) is 11.8. The molecule has 8 nitrogen and oxygen atoms in total. The van der Waals surface area contributed by atoms with Crippen LogP contribution in [0.3, 0.4) is 0 Å². The summed E-state index contributed by atoms with van der Waals surface area (Å²) >= 11 is 0. The van der Waals surface area contributed by atoms with Crippen molar-refractivity contribution in [3.8, 4) is 11.5 Å². The Morgan fingerprint density at radius 3 is 2.56 bits per heavy atom. The third-order valence-corrected chi connectivity index (χ3v) is 6.13. The van der Waals surface area contributed by atoms with Gasteiger partial charge in [-0.2, -0.15) is 0 Å². The Morgan fingerprint density at radius 2 is 1.91 bits per heavy atom. The SMILES string of the molecule is CCOc1cc(CCCNC(=NC)N2CCC(C(=O)N3CCOCC3)CC2)ccc1OC. The Bertz CT molecular complexity index is 756. The molecule has 0 saturated carbocycles. The maximum absolute atomic E-state index is 12.7. The zero-order valence-electron chi connectivity index (χ0n) is 19.8. The number of amides is 1. The van der Waals surface area contributed by atoms with Gasteiger partial charge >= 0.3 is 0 Å². The second-order valence-electron chi connectivity index (χ2n) is 8.19. The Labute approximate surface area is 191 Å². The number of hydrogen-bond acceptors (Lipinski definition) is 5. The second-order valence-corrected chi connectivity index (χ2v) is 8.19. The summed E-state index contributed by atoms with van der Waals surface area (Å²) in [6.45, 7) is 7.91. The lowest BCUT2D eigenvalue weighted by molar-refractivity contribution is -0.140. The highest BCUT2D eigenvalue weighted by Crippen LogP contribution is 2.28. The fraction of sp³-hybridized carbons (Fsp3) is 0.667. The molecule has 2 aliphatic heterocycles. The summed E-state index contributed by atoms with van der Waals surface area (Å²) in [7, 11) is 3.49. The molecule has 8 heteroatoms. The van der Waals surface area contributed by atoms with Gasteiger partial charge in [0.25, 0.3) is 0 Å². The number of hydrogen-bond donors (Lipinski definition) is 1. The first-order valence-corrected chi connectivity index (χ1v) is 11.8. The fourth-order valence-corrected chi connectivity index (χ4v) is 4.35. The minimum Gasteiger partial charge on any atom is -0.493 e. The number of nitrogens with one attached hydrogen (secondary N) is 1. The summed E-state index contributed by atoms with van der Waals surface area (Å²) < 4.78 is 16.4. The second kappa shape index (κ2) is 12.5. The van der Waals surface area contributed by atoms with Crippen LogP contribution in [0.25, 0.3) is 0 Å². The first kappa shape index (κ1) is 24.2. The molecule has 0 unspecified atom stereocenters. The molecule has 1 aromatic rings. The molecule has 2 aliphatic rings. The number of carbonyl (C=O) groups is 1. The zero-order chi connectivity index (χ0) is 22.8. The summed E-state index contributed by atoms with van der Waals surface area (Å²) in [6.07, 6.45) is 3.69. The van der Waals surface area contributed by atoms with Crippen molar-refractivity contribution in [1.29, 1.82) is 0 Å². The highest BCUT2D eigenvalue weighted by molar-refractivity contribution is 5.81. The number of carbonyl (C=O) groups excluding carboxylic acids is 1. The van der Waals surface area contributed by atoms with Crippen LogP contribution in [0.5, 0.6) is 11.5 Å². The van der Waals surface area contributed by atoms with Crippen LogP contribution < -0.4 is 14.8 Å². The van der Waals surface area contributed by atoms with Crippen molar-refractivity contribution in [2.24, 2.45) is 10.9 Å². The van der Waals surface area contributed by atoms with E-state index in [-0.39, 0.29) is 5.92 Å². The summed E-state index contributed by atoms with van der Waals surface area (Å²) in [5, 5.41) is 3.49. The van der Waals surface area contributed by atoms with Gasteiger partial charge in [-0.15, -0.1) is 0 Å². The largest absolute Gasteiger partial charge is 0.493 e. The summed E-state index contributed by atoms with van der Waals surface area (Å²) in [6, 6.07) is 6.12. The molecular formula is C24H38N4O4. The van der Waals surface area contributed by atoms with Crippen molar-refractivity contribution in [3.63, 3.8) is 0 Å². The van der Waals surface area contributed by atoms with Gasteiger partial charge in [0.2, 0.25) is 5.91 Å². The number of nitrogens with zero attached hydrogens (tertiary/aromatic N) is 3. The van der Waals surface area contributed by atoms with Gasteiger partial charge in [0.05, 0.1) is 26.9 Å². The predicted molar refractivity (Wildman–Crippen MR) is 126 cm³/mol. The number of methoxy groups -OCH3 is 1. The van der Waals surface area contributed by atoms with E-state index in [2.05, 4.69) is 27.3 Å². The predicted octanol–water partition coefficient (Wildman–Crippen LogP) is 2.17. The van der Waals surface area contributed by atoms with Gasteiger partial charge in [0, 0.05) is 45.7 Å². The molecule has 32 heavy (non-hydrogen) atoms. The maximum Gasteiger partial charge on any atom is 0.225 e. The Balaban J connectivity index is 1.41. The average Bonchev–Trinajstić information content (AvgIpc) is 2.85. The van der Waals surface area contributed by atoms with Crippen LogP contribution in [-0.2, 0) is 16.0 Å². The molecule has 0 bridgehead atoms. The van der Waals surface area contributed by atoms with Crippen LogP contribution in [0.2, 0.25) is 0 Å². The van der Waals surface area contributed by atoms with E-state index < -0.39 is 0 Å². The van der Waals surface area contributed by atoms with Crippen LogP contribution >= 0.6 is 0 Å². The zero-order valence-corrected chi connectivity index (χ0v) is 19.8. The van der Waals surface area contributed by atoms with Gasteiger partial charge in [-0.25, -0.2) is 0 Å². The number of aryl methyl sites for hydroxylation is 1. The van der Waals surface area contributed by atoms with E-state index in [4.69, 9.17) is 14.2 Å². The molecular weight excluding hydrogens is 408 g/mol. The third kappa shape index (κ3) is 6.51. The van der Waals surface area contributed by atoms with Gasteiger partial charge in [-0.1, -0.05) is 6.07 Å². The summed E-state index contributed by atoms with van der Waals surface area (Å²) in [5.41, 5.74) is 1.23. The third-order valence-electron chi connectivity index (χ3n) is 6.13. The van der Waals surface area contributed by atoms with E-state index in [1.165, 1.54) is 5.56 Å². The lowest BCUT2D eigenvalue weighted by Gasteiger charge is -2.36. The molecule has 0 atom stereocenters. The monoisotopic (exact) mass is 446 g/mol. The lowest BCUT2D eigenvalue weighted by Crippen LogP contribution is -2.50. The topological polar surface area (TPSA) is 75.6 Å². The molecule has 0 radical (unpaired) electrons. The number of rotatable bonds is 8. The van der Waals surface area contributed by atoms with Crippen LogP contribution in [0.4, 0.5) is 0 Å². The van der Waals surface area contributed by atoms with Crippen LogP contribution in [0.15, 0.2) is 23.2 Å². The van der Waals surface area contributed by atoms with Crippen molar-refractivity contribution in [2.75, 3.05) is 66.7 Å². The van der Waals surface area contributed by atoms with Gasteiger partial charge in [0.1, 0.15) is 0 Å². The van der Waals surface area contributed by atoms with Crippen molar-refractivity contribution in [3.05, 3.63) is 23.8 Å². The Hall–Kier alpha value is -2.48. The molecule has 1 N–H and O–H groups in total. The average molecular weight is 447 g/mol. The number of piperidine rings is 1.